The number of benzene rings is 1. The Morgan fingerprint density at radius 3 is 2.87 bits per heavy atom. The Hall–Kier alpha value is -1.59. The zero-order chi connectivity index (χ0) is 16.2. The molecule has 1 atom stereocenters. The highest BCUT2D eigenvalue weighted by atomic mass is 16.3. The van der Waals surface area contributed by atoms with E-state index >= 15 is 0 Å². The van der Waals surface area contributed by atoms with E-state index in [1.807, 2.05) is 18.2 Å². The molecule has 1 aromatic carbocycles. The van der Waals surface area contributed by atoms with Gasteiger partial charge in [0.2, 0.25) is 0 Å². The van der Waals surface area contributed by atoms with Gasteiger partial charge < -0.3 is 15.3 Å². The fraction of sp³-hybridized carbons (Fsp3) is 0.611. The lowest BCUT2D eigenvalue weighted by molar-refractivity contribution is 0.126. The summed E-state index contributed by atoms with van der Waals surface area (Å²) in [6, 6.07) is 8.52. The average molecular weight is 317 g/mol. The number of likely N-dealkylation sites (N-methyl/N-ethyl adjacent to an activating group) is 1. The first-order chi connectivity index (χ1) is 11.2. The molecule has 23 heavy (non-hydrogen) atoms. The van der Waals surface area contributed by atoms with E-state index in [0.717, 1.165) is 31.1 Å². The number of hydrogen-bond acceptors (Lipinski definition) is 3. The Labute approximate surface area is 138 Å². The van der Waals surface area contributed by atoms with Gasteiger partial charge in [-0.1, -0.05) is 31.2 Å². The number of nitrogens with one attached hydrogen (secondary N) is 1. The van der Waals surface area contributed by atoms with Crippen LogP contribution in [-0.4, -0.2) is 59.8 Å². The van der Waals surface area contributed by atoms with Crippen LogP contribution in [0, 0.1) is 0 Å². The number of fused-ring (bicyclic) bond motifs is 1. The van der Waals surface area contributed by atoms with E-state index in [1.165, 1.54) is 18.4 Å². The van der Waals surface area contributed by atoms with Gasteiger partial charge in [-0.25, -0.2) is 4.79 Å². The van der Waals surface area contributed by atoms with Crippen LogP contribution in [0.3, 0.4) is 0 Å². The molecule has 1 aliphatic carbocycles. The third-order valence-electron chi connectivity index (χ3n) is 4.99. The third-order valence-corrected chi connectivity index (χ3v) is 4.99. The fourth-order valence-electron chi connectivity index (χ4n) is 3.54. The van der Waals surface area contributed by atoms with Crippen molar-refractivity contribution in [2.24, 2.45) is 0 Å². The largest absolute Gasteiger partial charge is 0.394 e. The van der Waals surface area contributed by atoms with E-state index in [1.54, 1.807) is 4.90 Å². The van der Waals surface area contributed by atoms with Crippen molar-refractivity contribution in [3.63, 3.8) is 0 Å². The average Bonchev–Trinajstić information content (AvgIpc) is 3.42. The lowest BCUT2D eigenvalue weighted by Crippen LogP contribution is -2.48. The summed E-state index contributed by atoms with van der Waals surface area (Å²) in [7, 11) is 0. The predicted molar refractivity (Wildman–Crippen MR) is 90.3 cm³/mol. The summed E-state index contributed by atoms with van der Waals surface area (Å²) < 4.78 is 0. The first-order valence-electron chi connectivity index (χ1n) is 8.71. The molecule has 2 N–H and O–H groups in total. The van der Waals surface area contributed by atoms with E-state index in [0.29, 0.717) is 13.1 Å². The molecule has 0 spiro atoms. The van der Waals surface area contributed by atoms with Gasteiger partial charge >= 0.3 is 6.03 Å². The number of nitrogens with zero attached hydrogens (tertiary/aromatic N) is 2. The van der Waals surface area contributed by atoms with Crippen molar-refractivity contribution in [2.45, 2.75) is 38.3 Å². The van der Waals surface area contributed by atoms with E-state index in [-0.39, 0.29) is 18.7 Å². The molecule has 5 nitrogen and oxygen atoms in total. The summed E-state index contributed by atoms with van der Waals surface area (Å²) in [5.74, 6) is 0. The van der Waals surface area contributed by atoms with Gasteiger partial charge in [-0.3, -0.25) is 4.90 Å². The molecule has 0 aromatic heterocycles. The Balaban J connectivity index is 1.56. The monoisotopic (exact) mass is 317 g/mol. The van der Waals surface area contributed by atoms with Crippen LogP contribution in [0.25, 0.3) is 0 Å². The molecule has 1 aromatic rings. The highest BCUT2D eigenvalue weighted by Gasteiger charge is 2.30. The standard InChI is InChI=1S/C18H27N3O2/c1-2-20(15-7-8-15)12-10-19-18(23)21-11-9-14-5-3-4-6-16(14)17(21)13-22/h3-6,15,17,22H,2,7-13H2,1H3,(H,19,23). The number of rotatable bonds is 6. The quantitative estimate of drug-likeness (QED) is 0.841. The van der Waals surface area contributed by atoms with Gasteiger partial charge in [0.1, 0.15) is 0 Å². The minimum absolute atomic E-state index is 0.0341. The molecule has 3 rings (SSSR count). The van der Waals surface area contributed by atoms with Gasteiger partial charge in [0.25, 0.3) is 0 Å². The molecule has 2 aliphatic rings. The summed E-state index contributed by atoms with van der Waals surface area (Å²) in [4.78, 5) is 16.7. The fourth-order valence-corrected chi connectivity index (χ4v) is 3.54. The van der Waals surface area contributed by atoms with Crippen LogP contribution in [0.2, 0.25) is 0 Å². The van der Waals surface area contributed by atoms with Crippen LogP contribution in [0.15, 0.2) is 24.3 Å². The topological polar surface area (TPSA) is 55.8 Å². The molecular weight excluding hydrogens is 290 g/mol. The molecular formula is C18H27N3O2. The van der Waals surface area contributed by atoms with Crippen LogP contribution in [0.1, 0.15) is 36.9 Å². The maximum absolute atomic E-state index is 12.5. The molecule has 5 heteroatoms. The van der Waals surface area contributed by atoms with Gasteiger partial charge in [-0.05, 0) is 36.9 Å². The summed E-state index contributed by atoms with van der Waals surface area (Å²) in [6.07, 6.45) is 3.43. The van der Waals surface area contributed by atoms with Gasteiger partial charge in [0, 0.05) is 25.7 Å². The van der Waals surface area contributed by atoms with E-state index in [4.69, 9.17) is 0 Å². The number of carbonyl (C=O) groups is 1. The van der Waals surface area contributed by atoms with Crippen molar-refractivity contribution in [2.75, 3.05) is 32.8 Å². The molecule has 1 heterocycles. The molecule has 1 unspecified atom stereocenters. The minimum Gasteiger partial charge on any atom is -0.394 e. The minimum atomic E-state index is -0.231. The van der Waals surface area contributed by atoms with Crippen molar-refractivity contribution < 1.29 is 9.90 Å². The van der Waals surface area contributed by atoms with Crippen molar-refractivity contribution in [3.8, 4) is 0 Å². The van der Waals surface area contributed by atoms with Gasteiger partial charge in [-0.15, -0.1) is 0 Å². The lowest BCUT2D eigenvalue weighted by Gasteiger charge is -2.36. The third kappa shape index (κ3) is 3.67. The zero-order valence-corrected chi connectivity index (χ0v) is 13.9. The maximum atomic E-state index is 12.5. The number of urea groups is 1. The zero-order valence-electron chi connectivity index (χ0n) is 13.9. The highest BCUT2D eigenvalue weighted by molar-refractivity contribution is 5.75. The molecule has 1 aliphatic heterocycles. The first-order valence-corrected chi connectivity index (χ1v) is 8.71. The second-order valence-corrected chi connectivity index (χ2v) is 6.43. The van der Waals surface area contributed by atoms with Crippen molar-refractivity contribution in [3.05, 3.63) is 35.4 Å². The Morgan fingerprint density at radius 2 is 2.17 bits per heavy atom. The second-order valence-electron chi connectivity index (χ2n) is 6.43. The number of aliphatic hydroxyl groups excluding tert-OH is 1. The molecule has 126 valence electrons. The second kappa shape index (κ2) is 7.32. The van der Waals surface area contributed by atoms with Crippen LogP contribution >= 0.6 is 0 Å². The molecule has 2 amide bonds. The molecule has 1 saturated carbocycles. The number of aliphatic hydroxyl groups is 1. The summed E-state index contributed by atoms with van der Waals surface area (Å²) in [5, 5.41) is 12.8. The first kappa shape index (κ1) is 16.3. The summed E-state index contributed by atoms with van der Waals surface area (Å²) in [5.41, 5.74) is 2.31. The van der Waals surface area contributed by atoms with Crippen molar-refractivity contribution >= 4 is 6.03 Å². The Kier molecular flexibility index (Phi) is 5.18. The van der Waals surface area contributed by atoms with Gasteiger partial charge in [0.15, 0.2) is 0 Å². The van der Waals surface area contributed by atoms with E-state index in [9.17, 15) is 9.90 Å². The van der Waals surface area contributed by atoms with Gasteiger partial charge in [-0.2, -0.15) is 0 Å². The Morgan fingerprint density at radius 1 is 1.39 bits per heavy atom. The van der Waals surface area contributed by atoms with Gasteiger partial charge in [0.05, 0.1) is 12.6 Å². The normalized spacial score (nSPS) is 20.5. The summed E-state index contributed by atoms with van der Waals surface area (Å²) in [6.45, 7) is 5.41. The number of carbonyl (C=O) groups excluding carboxylic acids is 1. The smallest absolute Gasteiger partial charge is 0.318 e. The number of hydrogen-bond donors (Lipinski definition) is 2. The van der Waals surface area contributed by atoms with Crippen molar-refractivity contribution in [1.29, 1.82) is 0 Å². The van der Waals surface area contributed by atoms with E-state index < -0.39 is 0 Å². The van der Waals surface area contributed by atoms with Crippen LogP contribution in [0.4, 0.5) is 4.79 Å². The predicted octanol–water partition coefficient (Wildman–Crippen LogP) is 1.77. The molecule has 0 radical (unpaired) electrons. The lowest BCUT2D eigenvalue weighted by atomic mass is 9.93. The van der Waals surface area contributed by atoms with Crippen LogP contribution < -0.4 is 5.32 Å². The SMILES string of the molecule is CCN(CCNC(=O)N1CCc2ccccc2C1CO)C1CC1. The molecule has 0 saturated heterocycles. The summed E-state index contributed by atoms with van der Waals surface area (Å²) >= 11 is 0. The highest BCUT2D eigenvalue weighted by Crippen LogP contribution is 2.29. The molecule has 1 fully saturated rings. The maximum Gasteiger partial charge on any atom is 0.318 e. The number of amides is 2. The van der Waals surface area contributed by atoms with Crippen LogP contribution in [-0.2, 0) is 6.42 Å². The Bertz CT molecular complexity index is 545. The van der Waals surface area contributed by atoms with Crippen molar-refractivity contribution in [1.82, 2.24) is 15.1 Å². The van der Waals surface area contributed by atoms with Crippen LogP contribution in [0.5, 0.6) is 0 Å². The molecule has 0 bridgehead atoms. The van der Waals surface area contributed by atoms with E-state index in [2.05, 4.69) is 23.2 Å².